The van der Waals surface area contributed by atoms with Crippen LogP contribution in [0.3, 0.4) is 0 Å². The largest absolute Gasteiger partial charge is 0.309 e. The fourth-order valence-electron chi connectivity index (χ4n) is 2.01. The fraction of sp³-hybridized carbons (Fsp3) is 0.333. The van der Waals surface area contributed by atoms with Gasteiger partial charge in [-0.2, -0.15) is 0 Å². The minimum atomic E-state index is 0.239. The van der Waals surface area contributed by atoms with Gasteiger partial charge in [-0.3, -0.25) is 0 Å². The third-order valence-corrected chi connectivity index (χ3v) is 5.99. The van der Waals surface area contributed by atoms with Crippen molar-refractivity contribution in [1.29, 1.82) is 0 Å². The van der Waals surface area contributed by atoms with Crippen LogP contribution in [0.15, 0.2) is 34.1 Å². The Hall–Kier alpha value is -0.0600. The first-order chi connectivity index (χ1) is 9.61. The lowest BCUT2D eigenvalue weighted by molar-refractivity contribution is 0.536. The van der Waals surface area contributed by atoms with Gasteiger partial charge in [-0.15, -0.1) is 11.3 Å². The summed E-state index contributed by atoms with van der Waals surface area (Å²) in [5.41, 5.74) is 1.16. The predicted octanol–water partition coefficient (Wildman–Crippen LogP) is 6.10. The summed E-state index contributed by atoms with van der Waals surface area (Å²) < 4.78 is 0.983. The molecule has 0 saturated heterocycles. The van der Waals surface area contributed by atoms with E-state index in [1.165, 1.54) is 4.88 Å². The zero-order valence-electron chi connectivity index (χ0n) is 11.1. The number of hydrogen-bond acceptors (Lipinski definition) is 2. The molecular formula is C15H16BrCl2NS. The first-order valence-corrected chi connectivity index (χ1v) is 8.90. The zero-order chi connectivity index (χ0) is 14.5. The SMILES string of the molecule is CCCNC(Cc1ccccc1Cl)c1cc(Cl)c(Br)s1. The van der Waals surface area contributed by atoms with Crippen LogP contribution in [-0.2, 0) is 6.42 Å². The number of benzene rings is 1. The minimum Gasteiger partial charge on any atom is -0.309 e. The third-order valence-electron chi connectivity index (χ3n) is 3.03. The molecule has 1 atom stereocenters. The quantitative estimate of drug-likeness (QED) is 0.625. The van der Waals surface area contributed by atoms with E-state index in [0.29, 0.717) is 0 Å². The number of halogens is 3. The van der Waals surface area contributed by atoms with Gasteiger partial charge >= 0.3 is 0 Å². The third kappa shape index (κ3) is 4.22. The van der Waals surface area contributed by atoms with E-state index < -0.39 is 0 Å². The van der Waals surface area contributed by atoms with E-state index >= 15 is 0 Å². The molecule has 0 saturated carbocycles. The highest BCUT2D eigenvalue weighted by Crippen LogP contribution is 2.36. The second-order valence-corrected chi connectivity index (χ2v) is 7.79. The Balaban J connectivity index is 2.21. The molecule has 0 fully saturated rings. The Morgan fingerprint density at radius 2 is 2.00 bits per heavy atom. The zero-order valence-corrected chi connectivity index (χ0v) is 15.0. The number of thiophene rings is 1. The molecule has 1 nitrogen and oxygen atoms in total. The lowest BCUT2D eigenvalue weighted by Crippen LogP contribution is -2.23. The van der Waals surface area contributed by atoms with Crippen molar-refractivity contribution < 1.29 is 0 Å². The molecule has 1 N–H and O–H groups in total. The van der Waals surface area contributed by atoms with Crippen molar-refractivity contribution >= 4 is 50.5 Å². The number of rotatable bonds is 6. The molecule has 2 aromatic rings. The maximum Gasteiger partial charge on any atom is 0.0887 e. The van der Waals surface area contributed by atoms with Gasteiger partial charge in [-0.05, 0) is 53.0 Å². The Bertz CT molecular complexity index is 551. The maximum atomic E-state index is 6.27. The van der Waals surface area contributed by atoms with E-state index in [4.69, 9.17) is 23.2 Å². The van der Waals surface area contributed by atoms with Crippen molar-refractivity contribution in [1.82, 2.24) is 5.32 Å². The van der Waals surface area contributed by atoms with Crippen molar-refractivity contribution in [3.63, 3.8) is 0 Å². The van der Waals surface area contributed by atoms with E-state index in [9.17, 15) is 0 Å². The second-order valence-electron chi connectivity index (χ2n) is 4.57. The summed E-state index contributed by atoms with van der Waals surface area (Å²) in [5.74, 6) is 0. The number of hydrogen-bond donors (Lipinski definition) is 1. The summed E-state index contributed by atoms with van der Waals surface area (Å²) in [7, 11) is 0. The Morgan fingerprint density at radius 1 is 1.25 bits per heavy atom. The van der Waals surface area contributed by atoms with Gasteiger partial charge in [0.25, 0.3) is 0 Å². The van der Waals surface area contributed by atoms with E-state index in [1.54, 1.807) is 11.3 Å². The molecule has 1 aromatic heterocycles. The highest BCUT2D eigenvalue weighted by Gasteiger charge is 2.17. The van der Waals surface area contributed by atoms with Crippen LogP contribution >= 0.6 is 50.5 Å². The van der Waals surface area contributed by atoms with Gasteiger partial charge in [0.2, 0.25) is 0 Å². The predicted molar refractivity (Wildman–Crippen MR) is 93.2 cm³/mol. The van der Waals surface area contributed by atoms with Crippen molar-refractivity contribution in [2.75, 3.05) is 6.54 Å². The first-order valence-electron chi connectivity index (χ1n) is 6.53. The van der Waals surface area contributed by atoms with E-state index in [2.05, 4.69) is 34.2 Å². The Labute approximate surface area is 142 Å². The highest BCUT2D eigenvalue weighted by atomic mass is 79.9. The number of nitrogens with one attached hydrogen (secondary N) is 1. The average Bonchev–Trinajstić information content (AvgIpc) is 2.76. The molecule has 1 unspecified atom stereocenters. The van der Waals surface area contributed by atoms with Crippen LogP contribution in [0, 0.1) is 0 Å². The standard InChI is InChI=1S/C15H16BrCl2NS/c1-2-7-19-13(14-9-12(18)15(16)20-14)8-10-5-3-4-6-11(10)17/h3-6,9,13,19H,2,7-8H2,1H3. The van der Waals surface area contributed by atoms with Gasteiger partial charge in [0, 0.05) is 15.9 Å². The maximum absolute atomic E-state index is 6.27. The molecular weight excluding hydrogens is 377 g/mol. The van der Waals surface area contributed by atoms with E-state index in [0.717, 1.165) is 38.8 Å². The smallest absolute Gasteiger partial charge is 0.0887 e. The van der Waals surface area contributed by atoms with Crippen molar-refractivity contribution in [3.05, 3.63) is 54.6 Å². The molecule has 0 aliphatic carbocycles. The van der Waals surface area contributed by atoms with Gasteiger partial charge in [0.1, 0.15) is 0 Å². The monoisotopic (exact) mass is 391 g/mol. The Morgan fingerprint density at radius 3 is 2.60 bits per heavy atom. The molecule has 0 bridgehead atoms. The minimum absolute atomic E-state index is 0.239. The van der Waals surface area contributed by atoms with E-state index in [1.807, 2.05) is 24.3 Å². The lowest BCUT2D eigenvalue weighted by atomic mass is 10.0. The Kier molecular flexibility index (Phi) is 6.37. The topological polar surface area (TPSA) is 12.0 Å². The summed E-state index contributed by atoms with van der Waals surface area (Å²) in [6.07, 6.45) is 1.96. The summed E-state index contributed by atoms with van der Waals surface area (Å²) in [6.45, 7) is 3.14. The molecule has 20 heavy (non-hydrogen) atoms. The van der Waals surface area contributed by atoms with Crippen LogP contribution < -0.4 is 5.32 Å². The van der Waals surface area contributed by atoms with Crippen LogP contribution in [0.5, 0.6) is 0 Å². The van der Waals surface area contributed by atoms with Gasteiger partial charge < -0.3 is 5.32 Å². The van der Waals surface area contributed by atoms with Crippen molar-refractivity contribution in [2.24, 2.45) is 0 Å². The molecule has 0 amide bonds. The molecule has 0 aliphatic rings. The fourth-order valence-corrected chi connectivity index (χ4v) is 4.05. The molecule has 0 aliphatic heterocycles. The van der Waals surface area contributed by atoms with Gasteiger partial charge in [-0.25, -0.2) is 0 Å². The molecule has 0 radical (unpaired) electrons. The molecule has 2 rings (SSSR count). The van der Waals surface area contributed by atoms with E-state index in [-0.39, 0.29) is 6.04 Å². The molecule has 0 spiro atoms. The van der Waals surface area contributed by atoms with Crippen LogP contribution in [0.25, 0.3) is 0 Å². The van der Waals surface area contributed by atoms with Crippen LogP contribution in [0.1, 0.15) is 29.8 Å². The summed E-state index contributed by atoms with van der Waals surface area (Å²) in [6, 6.07) is 10.3. The van der Waals surface area contributed by atoms with Crippen LogP contribution in [0.2, 0.25) is 10.0 Å². The summed E-state index contributed by atoms with van der Waals surface area (Å²) in [5, 5.41) is 5.16. The first kappa shape index (κ1) is 16.3. The molecule has 5 heteroatoms. The van der Waals surface area contributed by atoms with Crippen LogP contribution in [0.4, 0.5) is 0 Å². The normalized spacial score (nSPS) is 12.6. The molecule has 1 aromatic carbocycles. The molecule has 108 valence electrons. The second kappa shape index (κ2) is 7.81. The molecule has 1 heterocycles. The average molecular weight is 393 g/mol. The van der Waals surface area contributed by atoms with Crippen molar-refractivity contribution in [3.8, 4) is 0 Å². The summed E-state index contributed by atoms with van der Waals surface area (Å²) in [4.78, 5) is 1.23. The van der Waals surface area contributed by atoms with Gasteiger partial charge in [0.05, 0.1) is 8.81 Å². The van der Waals surface area contributed by atoms with Gasteiger partial charge in [0.15, 0.2) is 0 Å². The van der Waals surface area contributed by atoms with Crippen LogP contribution in [-0.4, -0.2) is 6.54 Å². The summed E-state index contributed by atoms with van der Waals surface area (Å²) >= 11 is 17.6. The van der Waals surface area contributed by atoms with Gasteiger partial charge in [-0.1, -0.05) is 48.3 Å². The highest BCUT2D eigenvalue weighted by molar-refractivity contribution is 9.11. The van der Waals surface area contributed by atoms with Crippen molar-refractivity contribution in [2.45, 2.75) is 25.8 Å². The lowest BCUT2D eigenvalue weighted by Gasteiger charge is -2.18.